The molecule has 3 heterocycles. The number of nitrogens with zero attached hydrogens (tertiary/aromatic N) is 3. The van der Waals surface area contributed by atoms with Gasteiger partial charge in [0.25, 0.3) is 0 Å². The van der Waals surface area contributed by atoms with Crippen molar-refractivity contribution in [1.29, 1.82) is 0 Å². The van der Waals surface area contributed by atoms with Crippen LogP contribution >= 0.6 is 11.3 Å². The Labute approximate surface area is 155 Å². The topological polar surface area (TPSA) is 76.1 Å². The summed E-state index contributed by atoms with van der Waals surface area (Å²) in [6, 6.07) is 11.9. The number of nitrogens with one attached hydrogen (secondary N) is 1. The number of thiazole rings is 1. The van der Waals surface area contributed by atoms with Crippen molar-refractivity contribution in [3.05, 3.63) is 53.2 Å². The van der Waals surface area contributed by atoms with Crippen molar-refractivity contribution in [3.8, 4) is 10.8 Å². The number of rotatable bonds is 6. The minimum atomic E-state index is -0.448. The Bertz CT molecular complexity index is 1030. The van der Waals surface area contributed by atoms with Crippen LogP contribution in [0.1, 0.15) is 18.4 Å². The van der Waals surface area contributed by atoms with E-state index in [1.54, 1.807) is 18.3 Å². The summed E-state index contributed by atoms with van der Waals surface area (Å²) in [6.45, 7) is 4.71. The van der Waals surface area contributed by atoms with Gasteiger partial charge in [0.2, 0.25) is 5.95 Å². The van der Waals surface area contributed by atoms with Gasteiger partial charge in [-0.2, -0.15) is 0 Å². The maximum absolute atomic E-state index is 9.58. The summed E-state index contributed by atoms with van der Waals surface area (Å²) in [7, 11) is 0. The maximum Gasteiger partial charge on any atom is 0.204 e. The fourth-order valence-electron chi connectivity index (χ4n) is 2.81. The number of imidazole rings is 1. The highest BCUT2D eigenvalue weighted by Crippen LogP contribution is 2.27. The van der Waals surface area contributed by atoms with E-state index in [1.165, 1.54) is 0 Å². The van der Waals surface area contributed by atoms with Crippen molar-refractivity contribution < 1.29 is 9.52 Å². The highest BCUT2D eigenvalue weighted by atomic mass is 32.1. The lowest BCUT2D eigenvalue weighted by Gasteiger charge is -2.10. The first-order chi connectivity index (χ1) is 12.6. The highest BCUT2D eigenvalue weighted by Gasteiger charge is 2.14. The molecule has 0 saturated heterocycles. The number of aryl methyl sites for hydroxylation is 1. The molecular formula is C19H20N4O2S. The van der Waals surface area contributed by atoms with Gasteiger partial charge in [0, 0.05) is 11.9 Å². The summed E-state index contributed by atoms with van der Waals surface area (Å²) in [5.74, 6) is 2.40. The molecule has 0 aliphatic heterocycles. The molecule has 1 atom stereocenters. The van der Waals surface area contributed by atoms with Gasteiger partial charge in [0.05, 0.1) is 29.4 Å². The molecule has 0 aliphatic rings. The van der Waals surface area contributed by atoms with Crippen LogP contribution in [0.2, 0.25) is 0 Å². The number of aliphatic hydroxyl groups is 1. The van der Waals surface area contributed by atoms with Gasteiger partial charge in [-0.3, -0.25) is 0 Å². The third kappa shape index (κ3) is 3.36. The summed E-state index contributed by atoms with van der Waals surface area (Å²) in [5, 5.41) is 15.7. The average molecular weight is 368 g/mol. The minimum absolute atomic E-state index is 0.442. The van der Waals surface area contributed by atoms with E-state index in [1.807, 2.05) is 48.7 Å². The standard InChI is InChI=1S/C19H20N4O2S/c1-12(24)9-20-19-22-15-5-3-4-6-16(15)23(19)10-14-11-26-18(21-14)17-8-7-13(2)25-17/h3-8,11-12,24H,9-10H2,1-2H3,(H,20,22). The number of para-hydroxylation sites is 2. The van der Waals surface area contributed by atoms with Gasteiger partial charge in [-0.05, 0) is 38.1 Å². The van der Waals surface area contributed by atoms with Gasteiger partial charge < -0.3 is 19.4 Å². The fourth-order valence-corrected chi connectivity index (χ4v) is 3.58. The predicted molar refractivity (Wildman–Crippen MR) is 104 cm³/mol. The summed E-state index contributed by atoms with van der Waals surface area (Å²) >= 11 is 1.57. The molecule has 0 amide bonds. The highest BCUT2D eigenvalue weighted by molar-refractivity contribution is 7.13. The zero-order valence-electron chi connectivity index (χ0n) is 14.6. The molecule has 0 radical (unpaired) electrons. The molecule has 0 fully saturated rings. The van der Waals surface area contributed by atoms with Gasteiger partial charge in [-0.1, -0.05) is 12.1 Å². The largest absolute Gasteiger partial charge is 0.459 e. The third-order valence-corrected chi connectivity index (χ3v) is 4.94. The second-order valence-electron chi connectivity index (χ2n) is 6.29. The van der Waals surface area contributed by atoms with Gasteiger partial charge in [0.15, 0.2) is 10.8 Å². The Hall–Kier alpha value is -2.64. The number of fused-ring (bicyclic) bond motifs is 1. The van der Waals surface area contributed by atoms with E-state index in [2.05, 4.69) is 14.9 Å². The molecular weight excluding hydrogens is 348 g/mol. The number of furan rings is 1. The molecule has 1 aromatic carbocycles. The third-order valence-electron chi connectivity index (χ3n) is 4.03. The monoisotopic (exact) mass is 368 g/mol. The predicted octanol–water partition coefficient (Wildman–Crippen LogP) is 3.90. The number of benzene rings is 1. The molecule has 0 bridgehead atoms. The summed E-state index contributed by atoms with van der Waals surface area (Å²) in [6.07, 6.45) is -0.448. The Balaban J connectivity index is 1.65. The van der Waals surface area contributed by atoms with E-state index in [9.17, 15) is 5.11 Å². The fraction of sp³-hybridized carbons (Fsp3) is 0.263. The van der Waals surface area contributed by atoms with E-state index >= 15 is 0 Å². The molecule has 0 spiro atoms. The molecule has 6 nitrogen and oxygen atoms in total. The first kappa shape index (κ1) is 16.8. The van der Waals surface area contributed by atoms with Crippen molar-refractivity contribution in [2.45, 2.75) is 26.5 Å². The van der Waals surface area contributed by atoms with E-state index in [-0.39, 0.29) is 0 Å². The molecule has 1 unspecified atom stereocenters. The number of hydrogen-bond donors (Lipinski definition) is 2. The Morgan fingerprint density at radius 2 is 2.08 bits per heavy atom. The molecule has 26 heavy (non-hydrogen) atoms. The van der Waals surface area contributed by atoms with Crippen molar-refractivity contribution in [3.63, 3.8) is 0 Å². The normalized spacial score (nSPS) is 12.6. The minimum Gasteiger partial charge on any atom is -0.459 e. The summed E-state index contributed by atoms with van der Waals surface area (Å²) in [5.41, 5.74) is 2.89. The van der Waals surface area contributed by atoms with E-state index in [4.69, 9.17) is 9.40 Å². The van der Waals surface area contributed by atoms with Crippen LogP contribution in [-0.4, -0.2) is 32.3 Å². The van der Waals surface area contributed by atoms with Gasteiger partial charge in [-0.15, -0.1) is 11.3 Å². The van der Waals surface area contributed by atoms with Gasteiger partial charge in [-0.25, -0.2) is 9.97 Å². The van der Waals surface area contributed by atoms with Crippen LogP contribution in [0.25, 0.3) is 21.8 Å². The van der Waals surface area contributed by atoms with Crippen LogP contribution in [0.3, 0.4) is 0 Å². The summed E-state index contributed by atoms with van der Waals surface area (Å²) in [4.78, 5) is 9.36. The zero-order valence-corrected chi connectivity index (χ0v) is 15.5. The van der Waals surface area contributed by atoms with Crippen LogP contribution < -0.4 is 5.32 Å². The lowest BCUT2D eigenvalue weighted by Crippen LogP contribution is -2.18. The lowest BCUT2D eigenvalue weighted by molar-refractivity contribution is 0.208. The van der Waals surface area contributed by atoms with Crippen molar-refractivity contribution in [2.75, 3.05) is 11.9 Å². The molecule has 0 aliphatic carbocycles. The molecule has 4 aromatic rings. The molecule has 7 heteroatoms. The first-order valence-electron chi connectivity index (χ1n) is 8.48. The first-order valence-corrected chi connectivity index (χ1v) is 9.36. The van der Waals surface area contributed by atoms with Crippen LogP contribution in [0.15, 0.2) is 46.2 Å². The van der Waals surface area contributed by atoms with E-state index < -0.39 is 6.10 Å². The number of aliphatic hydroxyl groups excluding tert-OH is 1. The lowest BCUT2D eigenvalue weighted by atomic mass is 10.3. The molecule has 2 N–H and O–H groups in total. The quantitative estimate of drug-likeness (QED) is 0.540. The Kier molecular flexibility index (Phi) is 4.48. The van der Waals surface area contributed by atoms with Crippen LogP contribution in [0.4, 0.5) is 5.95 Å². The summed E-state index contributed by atoms with van der Waals surface area (Å²) < 4.78 is 7.75. The smallest absolute Gasteiger partial charge is 0.204 e. The maximum atomic E-state index is 9.58. The van der Waals surface area contributed by atoms with Crippen LogP contribution in [0, 0.1) is 6.92 Å². The van der Waals surface area contributed by atoms with Crippen molar-refractivity contribution in [1.82, 2.24) is 14.5 Å². The van der Waals surface area contributed by atoms with Gasteiger partial charge >= 0.3 is 0 Å². The van der Waals surface area contributed by atoms with E-state index in [0.29, 0.717) is 13.1 Å². The molecule has 134 valence electrons. The molecule has 4 rings (SSSR count). The Morgan fingerprint density at radius 3 is 2.85 bits per heavy atom. The van der Waals surface area contributed by atoms with Crippen LogP contribution in [-0.2, 0) is 6.54 Å². The second kappa shape index (κ2) is 6.93. The molecule has 3 aromatic heterocycles. The van der Waals surface area contributed by atoms with Crippen molar-refractivity contribution >= 4 is 28.3 Å². The Morgan fingerprint density at radius 1 is 1.23 bits per heavy atom. The second-order valence-corrected chi connectivity index (χ2v) is 7.15. The number of hydrogen-bond acceptors (Lipinski definition) is 6. The van der Waals surface area contributed by atoms with Crippen LogP contribution in [0.5, 0.6) is 0 Å². The number of aromatic nitrogens is 3. The SMILES string of the molecule is Cc1ccc(-c2nc(Cn3c(NCC(C)O)nc4ccccc43)cs2)o1. The average Bonchev–Trinajstić information content (AvgIpc) is 3.33. The number of anilines is 1. The van der Waals surface area contributed by atoms with Crippen molar-refractivity contribution in [2.24, 2.45) is 0 Å². The van der Waals surface area contributed by atoms with Gasteiger partial charge in [0.1, 0.15) is 5.76 Å². The van der Waals surface area contributed by atoms with E-state index in [0.717, 1.165) is 39.2 Å². The molecule has 0 saturated carbocycles. The zero-order chi connectivity index (χ0) is 18.1.